The Bertz CT molecular complexity index is 229. The third-order valence-corrected chi connectivity index (χ3v) is 3.52. The lowest BCUT2D eigenvalue weighted by atomic mass is 9.87. The Morgan fingerprint density at radius 3 is 2.75 bits per heavy atom. The minimum Gasteiger partial charge on any atom is -0.465 e. The van der Waals surface area contributed by atoms with E-state index in [0.717, 1.165) is 12.8 Å². The summed E-state index contributed by atoms with van der Waals surface area (Å²) < 4.78 is 4.86. The Hall–Kier alpha value is -0.610. The molecule has 2 unspecified atom stereocenters. The van der Waals surface area contributed by atoms with Crippen LogP contribution in [0.1, 0.15) is 33.1 Å². The Balaban J connectivity index is 2.45. The van der Waals surface area contributed by atoms with Gasteiger partial charge in [0.1, 0.15) is 0 Å². The molecule has 4 atom stereocenters. The SMILES string of the molecule is CCC(C)CCC(O)[C@H]1C(=O)OC[C@H]1CO. The van der Waals surface area contributed by atoms with Crippen molar-refractivity contribution in [2.45, 2.75) is 39.2 Å². The van der Waals surface area contributed by atoms with Gasteiger partial charge in [-0.25, -0.2) is 0 Å². The molecule has 4 nitrogen and oxygen atoms in total. The van der Waals surface area contributed by atoms with E-state index in [1.54, 1.807) is 0 Å². The minimum atomic E-state index is -0.679. The van der Waals surface area contributed by atoms with Gasteiger partial charge in [-0.1, -0.05) is 20.3 Å². The first-order valence-electron chi connectivity index (χ1n) is 6.05. The Labute approximate surface area is 96.6 Å². The lowest BCUT2D eigenvalue weighted by Gasteiger charge is -2.20. The highest BCUT2D eigenvalue weighted by Gasteiger charge is 2.41. The molecule has 0 spiro atoms. The van der Waals surface area contributed by atoms with Gasteiger partial charge in [0.25, 0.3) is 0 Å². The first-order chi connectivity index (χ1) is 7.60. The quantitative estimate of drug-likeness (QED) is 0.667. The molecule has 0 aromatic carbocycles. The molecular weight excluding hydrogens is 208 g/mol. The topological polar surface area (TPSA) is 66.8 Å². The molecule has 0 bridgehead atoms. The van der Waals surface area contributed by atoms with Crippen LogP contribution in [0.3, 0.4) is 0 Å². The standard InChI is InChI=1S/C12H22O4/c1-3-8(2)4-5-10(14)11-9(6-13)7-16-12(11)15/h8-11,13-14H,3-7H2,1-2H3/t8?,9-,10?,11+/m1/s1. The summed E-state index contributed by atoms with van der Waals surface area (Å²) in [4.78, 5) is 11.4. The van der Waals surface area contributed by atoms with Crippen molar-refractivity contribution in [3.05, 3.63) is 0 Å². The van der Waals surface area contributed by atoms with E-state index in [-0.39, 0.29) is 25.1 Å². The first-order valence-corrected chi connectivity index (χ1v) is 6.05. The molecule has 0 radical (unpaired) electrons. The summed E-state index contributed by atoms with van der Waals surface area (Å²) in [5.41, 5.74) is 0. The third kappa shape index (κ3) is 3.19. The molecule has 16 heavy (non-hydrogen) atoms. The summed E-state index contributed by atoms with van der Waals surface area (Å²) in [5, 5.41) is 19.0. The van der Waals surface area contributed by atoms with Crippen molar-refractivity contribution < 1.29 is 19.7 Å². The highest BCUT2D eigenvalue weighted by atomic mass is 16.5. The molecule has 4 heteroatoms. The van der Waals surface area contributed by atoms with Gasteiger partial charge in [0.05, 0.1) is 25.2 Å². The second-order valence-electron chi connectivity index (χ2n) is 4.76. The van der Waals surface area contributed by atoms with Gasteiger partial charge in [0, 0.05) is 5.92 Å². The number of cyclic esters (lactones) is 1. The van der Waals surface area contributed by atoms with E-state index in [1.807, 2.05) is 0 Å². The summed E-state index contributed by atoms with van der Waals surface area (Å²) >= 11 is 0. The molecule has 0 aromatic rings. The molecular formula is C12H22O4. The Kier molecular flexibility index (Phi) is 5.22. The summed E-state index contributed by atoms with van der Waals surface area (Å²) in [6.07, 6.45) is 1.90. The fourth-order valence-electron chi connectivity index (χ4n) is 2.06. The fourth-order valence-corrected chi connectivity index (χ4v) is 2.06. The number of rotatable bonds is 6. The largest absolute Gasteiger partial charge is 0.465 e. The summed E-state index contributed by atoms with van der Waals surface area (Å²) in [6, 6.07) is 0. The van der Waals surface area contributed by atoms with Crippen molar-refractivity contribution in [2.24, 2.45) is 17.8 Å². The summed E-state index contributed by atoms with van der Waals surface area (Å²) in [7, 11) is 0. The number of carbonyl (C=O) groups is 1. The van der Waals surface area contributed by atoms with Crippen LogP contribution in [0.15, 0.2) is 0 Å². The van der Waals surface area contributed by atoms with Crippen molar-refractivity contribution >= 4 is 5.97 Å². The van der Waals surface area contributed by atoms with E-state index in [1.165, 1.54) is 0 Å². The van der Waals surface area contributed by atoms with Gasteiger partial charge in [-0.05, 0) is 18.8 Å². The van der Waals surface area contributed by atoms with E-state index >= 15 is 0 Å². The maximum atomic E-state index is 11.4. The normalized spacial score (nSPS) is 28.9. The molecule has 1 rings (SSSR count). The second-order valence-corrected chi connectivity index (χ2v) is 4.76. The van der Waals surface area contributed by atoms with E-state index in [9.17, 15) is 9.90 Å². The monoisotopic (exact) mass is 230 g/mol. The van der Waals surface area contributed by atoms with E-state index < -0.39 is 12.0 Å². The predicted octanol–water partition coefficient (Wildman–Crippen LogP) is 0.955. The van der Waals surface area contributed by atoms with Crippen LogP contribution >= 0.6 is 0 Å². The minimum absolute atomic E-state index is 0.100. The van der Waals surface area contributed by atoms with Gasteiger partial charge in [0.2, 0.25) is 0 Å². The van der Waals surface area contributed by atoms with Crippen LogP contribution in [0.25, 0.3) is 0 Å². The summed E-state index contributed by atoms with van der Waals surface area (Å²) in [6.45, 7) is 4.37. The van der Waals surface area contributed by atoms with Gasteiger partial charge in [-0.15, -0.1) is 0 Å². The average Bonchev–Trinajstić information content (AvgIpc) is 2.66. The number of carbonyl (C=O) groups excluding carboxylic acids is 1. The van der Waals surface area contributed by atoms with Crippen molar-refractivity contribution in [3.63, 3.8) is 0 Å². The molecule has 0 amide bonds. The molecule has 1 fully saturated rings. The van der Waals surface area contributed by atoms with Crippen molar-refractivity contribution in [2.75, 3.05) is 13.2 Å². The highest BCUT2D eigenvalue weighted by molar-refractivity contribution is 5.75. The molecule has 1 aliphatic heterocycles. The number of ether oxygens (including phenoxy) is 1. The van der Waals surface area contributed by atoms with Crippen LogP contribution in [-0.2, 0) is 9.53 Å². The van der Waals surface area contributed by atoms with E-state index in [2.05, 4.69) is 13.8 Å². The van der Waals surface area contributed by atoms with Gasteiger partial charge in [0.15, 0.2) is 0 Å². The van der Waals surface area contributed by atoms with Crippen molar-refractivity contribution in [1.82, 2.24) is 0 Å². The van der Waals surface area contributed by atoms with Gasteiger partial charge in [-0.2, -0.15) is 0 Å². The van der Waals surface area contributed by atoms with Crippen LogP contribution in [0.2, 0.25) is 0 Å². The second kappa shape index (κ2) is 6.21. The number of hydrogen-bond acceptors (Lipinski definition) is 4. The molecule has 1 saturated heterocycles. The zero-order chi connectivity index (χ0) is 12.1. The van der Waals surface area contributed by atoms with Crippen molar-refractivity contribution in [1.29, 1.82) is 0 Å². The number of hydrogen-bond donors (Lipinski definition) is 2. The van der Waals surface area contributed by atoms with Crippen LogP contribution in [0, 0.1) is 17.8 Å². The first kappa shape index (κ1) is 13.5. The molecule has 1 aliphatic rings. The van der Waals surface area contributed by atoms with Crippen LogP contribution in [-0.4, -0.2) is 35.5 Å². The van der Waals surface area contributed by atoms with Crippen LogP contribution in [0.5, 0.6) is 0 Å². The van der Waals surface area contributed by atoms with Gasteiger partial charge < -0.3 is 14.9 Å². The van der Waals surface area contributed by atoms with E-state index in [4.69, 9.17) is 9.84 Å². The maximum Gasteiger partial charge on any atom is 0.312 e. The average molecular weight is 230 g/mol. The lowest BCUT2D eigenvalue weighted by Crippen LogP contribution is -2.31. The van der Waals surface area contributed by atoms with Crippen molar-refractivity contribution in [3.8, 4) is 0 Å². The smallest absolute Gasteiger partial charge is 0.312 e. The molecule has 1 heterocycles. The predicted molar refractivity (Wildman–Crippen MR) is 59.7 cm³/mol. The van der Waals surface area contributed by atoms with E-state index in [0.29, 0.717) is 12.3 Å². The summed E-state index contributed by atoms with van der Waals surface area (Å²) in [5.74, 6) is -0.580. The zero-order valence-corrected chi connectivity index (χ0v) is 10.1. The van der Waals surface area contributed by atoms with Crippen LogP contribution in [0.4, 0.5) is 0 Å². The highest BCUT2D eigenvalue weighted by Crippen LogP contribution is 2.28. The zero-order valence-electron chi connectivity index (χ0n) is 10.1. The third-order valence-electron chi connectivity index (χ3n) is 3.52. The molecule has 2 N–H and O–H groups in total. The molecule has 0 aromatic heterocycles. The number of esters is 1. The van der Waals surface area contributed by atoms with Gasteiger partial charge >= 0.3 is 5.97 Å². The molecule has 0 aliphatic carbocycles. The number of aliphatic hydroxyl groups excluding tert-OH is 2. The van der Waals surface area contributed by atoms with Crippen LogP contribution < -0.4 is 0 Å². The lowest BCUT2D eigenvalue weighted by molar-refractivity contribution is -0.144. The molecule has 0 saturated carbocycles. The Morgan fingerprint density at radius 2 is 2.19 bits per heavy atom. The fraction of sp³-hybridized carbons (Fsp3) is 0.917. The number of aliphatic hydroxyl groups is 2. The Morgan fingerprint density at radius 1 is 1.50 bits per heavy atom. The maximum absolute atomic E-state index is 11.4. The molecule has 94 valence electrons. The van der Waals surface area contributed by atoms with Gasteiger partial charge in [-0.3, -0.25) is 4.79 Å².